The Morgan fingerprint density at radius 3 is 2.27 bits per heavy atom. The Morgan fingerprint density at radius 2 is 1.93 bits per heavy atom. The molecule has 5 nitrogen and oxygen atoms in total. The highest BCUT2D eigenvalue weighted by atomic mass is 16.6. The molecule has 0 aromatic heterocycles. The second-order valence-corrected chi connectivity index (χ2v) is 4.39. The van der Waals surface area contributed by atoms with Gasteiger partial charge in [-0.3, -0.25) is 0 Å². The van der Waals surface area contributed by atoms with Crippen molar-refractivity contribution in [2.45, 2.75) is 52.2 Å². The first kappa shape index (κ1) is 13.7. The highest BCUT2D eigenvalue weighted by Crippen LogP contribution is 2.12. The van der Waals surface area contributed by atoms with Gasteiger partial charge in [-0.1, -0.05) is 13.3 Å². The van der Waals surface area contributed by atoms with Gasteiger partial charge >= 0.3 is 5.97 Å². The Bertz CT molecular complexity index is 240. The van der Waals surface area contributed by atoms with Crippen molar-refractivity contribution in [1.82, 2.24) is 0 Å². The van der Waals surface area contributed by atoms with Crippen molar-refractivity contribution in [3.63, 3.8) is 0 Å². The predicted octanol–water partition coefficient (Wildman–Crippen LogP) is 0.770. The van der Waals surface area contributed by atoms with Gasteiger partial charge in [-0.25, -0.2) is 9.79 Å². The largest absolute Gasteiger partial charge is 0.458 e. The summed E-state index contributed by atoms with van der Waals surface area (Å²) in [7, 11) is 0. The van der Waals surface area contributed by atoms with Crippen molar-refractivity contribution < 1.29 is 9.53 Å². The smallest absolute Gasteiger partial charge is 0.331 e. The van der Waals surface area contributed by atoms with Gasteiger partial charge in [0, 0.05) is 0 Å². The van der Waals surface area contributed by atoms with E-state index in [-0.39, 0.29) is 11.9 Å². The first-order valence-corrected chi connectivity index (χ1v) is 5.08. The Hall–Kier alpha value is -1.26. The lowest BCUT2D eigenvalue weighted by Crippen LogP contribution is -2.34. The topological polar surface area (TPSA) is 90.7 Å². The number of hydrogen-bond donors (Lipinski definition) is 2. The van der Waals surface area contributed by atoms with Gasteiger partial charge in [0.1, 0.15) is 5.60 Å². The fourth-order valence-electron chi connectivity index (χ4n) is 1.06. The molecule has 0 amide bonds. The standard InChI is InChI=1S/C10H21N3O2/c1-5-6-7(13-9(11)12)8(14)15-10(2,3)4/h7H,5-6H2,1-4H3,(H4,11,12,13). The summed E-state index contributed by atoms with van der Waals surface area (Å²) in [5.41, 5.74) is 9.98. The number of ether oxygens (including phenoxy) is 1. The minimum Gasteiger partial charge on any atom is -0.458 e. The normalized spacial score (nSPS) is 13.1. The summed E-state index contributed by atoms with van der Waals surface area (Å²) in [5, 5.41) is 0. The van der Waals surface area contributed by atoms with Crippen LogP contribution in [0.1, 0.15) is 40.5 Å². The van der Waals surface area contributed by atoms with E-state index in [1.807, 2.05) is 27.7 Å². The monoisotopic (exact) mass is 215 g/mol. The molecule has 4 N–H and O–H groups in total. The van der Waals surface area contributed by atoms with Crippen LogP contribution < -0.4 is 11.5 Å². The van der Waals surface area contributed by atoms with Gasteiger partial charge in [0.15, 0.2) is 12.0 Å². The lowest BCUT2D eigenvalue weighted by Gasteiger charge is -2.22. The second kappa shape index (κ2) is 5.58. The molecule has 0 aliphatic carbocycles. The fourth-order valence-corrected chi connectivity index (χ4v) is 1.06. The van der Waals surface area contributed by atoms with Gasteiger partial charge in [0.05, 0.1) is 0 Å². The summed E-state index contributed by atoms with van der Waals surface area (Å²) in [6.07, 6.45) is 1.41. The molecule has 0 bridgehead atoms. The highest BCUT2D eigenvalue weighted by molar-refractivity contribution is 5.82. The summed E-state index contributed by atoms with van der Waals surface area (Å²) >= 11 is 0. The number of nitrogens with zero attached hydrogens (tertiary/aromatic N) is 1. The number of rotatable bonds is 4. The molecule has 88 valence electrons. The number of carbonyl (C=O) groups is 1. The van der Waals surface area contributed by atoms with Crippen molar-refractivity contribution in [3.8, 4) is 0 Å². The van der Waals surface area contributed by atoms with E-state index in [4.69, 9.17) is 16.2 Å². The average molecular weight is 215 g/mol. The molecule has 5 heteroatoms. The predicted molar refractivity (Wildman–Crippen MR) is 60.4 cm³/mol. The van der Waals surface area contributed by atoms with E-state index in [1.54, 1.807) is 0 Å². The molecule has 0 rings (SSSR count). The zero-order valence-corrected chi connectivity index (χ0v) is 9.91. The maximum absolute atomic E-state index is 11.6. The Morgan fingerprint density at radius 1 is 1.40 bits per heavy atom. The number of aliphatic imine (C=N–C) groups is 1. The third kappa shape index (κ3) is 6.76. The second-order valence-electron chi connectivity index (χ2n) is 4.39. The average Bonchev–Trinajstić information content (AvgIpc) is 1.99. The quantitative estimate of drug-likeness (QED) is 0.411. The molecule has 0 aliphatic rings. The van der Waals surface area contributed by atoms with Gasteiger partial charge in [-0.05, 0) is 27.2 Å². The van der Waals surface area contributed by atoms with Crippen LogP contribution in [0, 0.1) is 0 Å². The van der Waals surface area contributed by atoms with Gasteiger partial charge in [-0.2, -0.15) is 0 Å². The van der Waals surface area contributed by atoms with Crippen LogP contribution in [0.5, 0.6) is 0 Å². The molecular weight excluding hydrogens is 194 g/mol. The molecule has 0 heterocycles. The van der Waals surface area contributed by atoms with E-state index in [9.17, 15) is 4.79 Å². The van der Waals surface area contributed by atoms with E-state index >= 15 is 0 Å². The SMILES string of the molecule is CCCC(N=C(N)N)C(=O)OC(C)(C)C. The third-order valence-electron chi connectivity index (χ3n) is 1.55. The first-order chi connectivity index (χ1) is 6.76. The van der Waals surface area contributed by atoms with Crippen molar-refractivity contribution in [3.05, 3.63) is 0 Å². The summed E-state index contributed by atoms with van der Waals surface area (Å²) in [5.74, 6) is -0.461. The van der Waals surface area contributed by atoms with Crippen LogP contribution in [-0.2, 0) is 9.53 Å². The third-order valence-corrected chi connectivity index (χ3v) is 1.55. The number of carbonyl (C=O) groups excluding carboxylic acids is 1. The molecule has 0 aromatic rings. The molecular formula is C10H21N3O2. The van der Waals surface area contributed by atoms with E-state index in [1.165, 1.54) is 0 Å². The molecule has 1 unspecified atom stereocenters. The molecule has 0 aliphatic heterocycles. The molecule has 0 fully saturated rings. The molecule has 0 saturated carbocycles. The van der Waals surface area contributed by atoms with Crippen LogP contribution >= 0.6 is 0 Å². The minimum absolute atomic E-state index is 0.0840. The van der Waals surface area contributed by atoms with Crippen molar-refractivity contribution in [1.29, 1.82) is 0 Å². The Labute approximate surface area is 90.9 Å². The molecule has 0 spiro atoms. The van der Waals surface area contributed by atoms with E-state index in [0.29, 0.717) is 6.42 Å². The fraction of sp³-hybridized carbons (Fsp3) is 0.800. The van der Waals surface area contributed by atoms with Crippen molar-refractivity contribution in [2.24, 2.45) is 16.5 Å². The van der Waals surface area contributed by atoms with Crippen LogP contribution in [0.15, 0.2) is 4.99 Å². The van der Waals surface area contributed by atoms with Gasteiger partial charge in [0.2, 0.25) is 0 Å². The lowest BCUT2D eigenvalue weighted by atomic mass is 10.1. The molecule has 15 heavy (non-hydrogen) atoms. The molecule has 1 atom stereocenters. The van der Waals surface area contributed by atoms with Crippen LogP contribution in [0.2, 0.25) is 0 Å². The Kier molecular flexibility index (Phi) is 5.11. The van der Waals surface area contributed by atoms with Crippen molar-refractivity contribution >= 4 is 11.9 Å². The zero-order valence-electron chi connectivity index (χ0n) is 9.91. The minimum atomic E-state index is -0.584. The Balaban J connectivity index is 4.50. The number of esters is 1. The lowest BCUT2D eigenvalue weighted by molar-refractivity contribution is -0.156. The van der Waals surface area contributed by atoms with E-state index < -0.39 is 11.6 Å². The van der Waals surface area contributed by atoms with Crippen LogP contribution in [0.4, 0.5) is 0 Å². The maximum atomic E-state index is 11.6. The van der Waals surface area contributed by atoms with E-state index in [2.05, 4.69) is 4.99 Å². The van der Waals surface area contributed by atoms with Gasteiger partial charge in [-0.15, -0.1) is 0 Å². The van der Waals surface area contributed by atoms with E-state index in [0.717, 1.165) is 6.42 Å². The highest BCUT2D eigenvalue weighted by Gasteiger charge is 2.24. The number of nitrogens with two attached hydrogens (primary N) is 2. The summed E-state index contributed by atoms with van der Waals surface area (Å²) in [6, 6.07) is -0.584. The summed E-state index contributed by atoms with van der Waals surface area (Å²) in [4.78, 5) is 15.5. The maximum Gasteiger partial charge on any atom is 0.331 e. The number of guanidine groups is 1. The zero-order chi connectivity index (χ0) is 12.1. The first-order valence-electron chi connectivity index (χ1n) is 5.08. The van der Waals surface area contributed by atoms with Gasteiger partial charge < -0.3 is 16.2 Å². The summed E-state index contributed by atoms with van der Waals surface area (Å²) in [6.45, 7) is 7.38. The van der Waals surface area contributed by atoms with Crippen LogP contribution in [-0.4, -0.2) is 23.6 Å². The van der Waals surface area contributed by atoms with Gasteiger partial charge in [0.25, 0.3) is 0 Å². The van der Waals surface area contributed by atoms with Crippen molar-refractivity contribution in [2.75, 3.05) is 0 Å². The summed E-state index contributed by atoms with van der Waals surface area (Å²) < 4.78 is 5.20. The van der Waals surface area contributed by atoms with Crippen LogP contribution in [0.3, 0.4) is 0 Å². The molecule has 0 saturated heterocycles. The number of hydrogen-bond acceptors (Lipinski definition) is 3. The molecule has 0 aromatic carbocycles. The van der Waals surface area contributed by atoms with Crippen LogP contribution in [0.25, 0.3) is 0 Å². The molecule has 0 radical (unpaired) electrons.